The van der Waals surface area contributed by atoms with E-state index in [0.29, 0.717) is 22.2 Å². The van der Waals surface area contributed by atoms with E-state index in [1.165, 1.54) is 18.4 Å². The van der Waals surface area contributed by atoms with E-state index in [1.807, 2.05) is 43.3 Å². The summed E-state index contributed by atoms with van der Waals surface area (Å²) in [5.74, 6) is 0.292. The molecular formula is C25H20BrN3O3S. The standard InChI is InChI=1S/C25H20BrN3O3S/c1-16-23(18-7-4-3-5-8-18)28-25(33-16)29-27-15-17-11-12-21(22(13-17)31-2)32-24(30)19-9-6-10-20(26)14-19/h3-15H,1-2H3,(H,28,29)/b27-15+. The molecule has 1 heterocycles. The molecule has 33 heavy (non-hydrogen) atoms. The lowest BCUT2D eigenvalue weighted by molar-refractivity contribution is 0.0729. The van der Waals surface area contributed by atoms with E-state index in [-0.39, 0.29) is 0 Å². The van der Waals surface area contributed by atoms with E-state index in [4.69, 9.17) is 9.47 Å². The Morgan fingerprint density at radius 1 is 1.06 bits per heavy atom. The van der Waals surface area contributed by atoms with Crippen LogP contribution < -0.4 is 14.9 Å². The zero-order chi connectivity index (χ0) is 23.2. The zero-order valence-electron chi connectivity index (χ0n) is 17.9. The van der Waals surface area contributed by atoms with Crippen molar-refractivity contribution in [3.8, 4) is 22.8 Å². The fourth-order valence-corrected chi connectivity index (χ4v) is 4.28. The van der Waals surface area contributed by atoms with Crippen LogP contribution in [-0.4, -0.2) is 24.3 Å². The number of benzene rings is 3. The van der Waals surface area contributed by atoms with Gasteiger partial charge in [-0.05, 0) is 48.9 Å². The number of esters is 1. The second-order valence-corrected chi connectivity index (χ2v) is 9.09. The van der Waals surface area contributed by atoms with Crippen LogP contribution in [-0.2, 0) is 0 Å². The van der Waals surface area contributed by atoms with Crippen LogP contribution >= 0.6 is 27.3 Å². The summed E-state index contributed by atoms with van der Waals surface area (Å²) in [5.41, 5.74) is 6.21. The number of anilines is 1. The van der Waals surface area contributed by atoms with Crippen LogP contribution in [0.3, 0.4) is 0 Å². The first-order valence-corrected chi connectivity index (χ1v) is 11.6. The monoisotopic (exact) mass is 521 g/mol. The van der Waals surface area contributed by atoms with Crippen molar-refractivity contribution < 1.29 is 14.3 Å². The molecule has 1 aromatic heterocycles. The molecule has 4 aromatic rings. The van der Waals surface area contributed by atoms with Gasteiger partial charge in [0.05, 0.1) is 24.6 Å². The fraction of sp³-hybridized carbons (Fsp3) is 0.0800. The van der Waals surface area contributed by atoms with E-state index < -0.39 is 5.97 Å². The van der Waals surface area contributed by atoms with Gasteiger partial charge in [-0.1, -0.05) is 52.3 Å². The predicted molar refractivity (Wildman–Crippen MR) is 136 cm³/mol. The molecule has 1 N–H and O–H groups in total. The molecule has 0 radical (unpaired) electrons. The number of nitrogens with one attached hydrogen (secondary N) is 1. The number of carbonyl (C=O) groups excluding carboxylic acids is 1. The molecule has 0 bridgehead atoms. The highest BCUT2D eigenvalue weighted by Crippen LogP contribution is 2.31. The van der Waals surface area contributed by atoms with Crippen molar-refractivity contribution in [3.05, 3.63) is 93.3 Å². The second-order valence-electron chi connectivity index (χ2n) is 6.97. The summed E-state index contributed by atoms with van der Waals surface area (Å²) in [6, 6.07) is 22.3. The molecule has 0 atom stereocenters. The van der Waals surface area contributed by atoms with Gasteiger partial charge in [0.2, 0.25) is 5.13 Å². The summed E-state index contributed by atoms with van der Waals surface area (Å²) >= 11 is 4.89. The number of carbonyl (C=O) groups is 1. The molecule has 6 nitrogen and oxygen atoms in total. The first-order chi connectivity index (χ1) is 16.0. The van der Waals surface area contributed by atoms with Gasteiger partial charge < -0.3 is 9.47 Å². The highest BCUT2D eigenvalue weighted by Gasteiger charge is 2.13. The van der Waals surface area contributed by atoms with Crippen LogP contribution in [0.2, 0.25) is 0 Å². The number of nitrogens with zero attached hydrogens (tertiary/aromatic N) is 2. The molecule has 0 aliphatic carbocycles. The molecule has 0 aliphatic rings. The predicted octanol–water partition coefficient (Wildman–Crippen LogP) is 6.55. The molecule has 0 saturated carbocycles. The van der Waals surface area contributed by atoms with Crippen LogP contribution in [0.1, 0.15) is 20.8 Å². The molecule has 0 fully saturated rings. The molecule has 3 aromatic carbocycles. The van der Waals surface area contributed by atoms with Gasteiger partial charge in [-0.2, -0.15) is 5.10 Å². The van der Waals surface area contributed by atoms with Crippen molar-refractivity contribution in [1.82, 2.24) is 4.98 Å². The molecule has 0 aliphatic heterocycles. The van der Waals surface area contributed by atoms with Gasteiger partial charge in [-0.25, -0.2) is 9.78 Å². The lowest BCUT2D eigenvalue weighted by atomic mass is 10.1. The molecule has 0 spiro atoms. The SMILES string of the molecule is COc1cc(/C=N/Nc2nc(-c3ccccc3)c(C)s2)ccc1OC(=O)c1cccc(Br)c1. The Morgan fingerprint density at radius 3 is 2.64 bits per heavy atom. The molecule has 166 valence electrons. The van der Waals surface area contributed by atoms with E-state index in [0.717, 1.165) is 26.2 Å². The van der Waals surface area contributed by atoms with Gasteiger partial charge in [0, 0.05) is 14.9 Å². The Balaban J connectivity index is 1.44. The van der Waals surface area contributed by atoms with Crippen LogP contribution in [0.15, 0.2) is 82.4 Å². The highest BCUT2D eigenvalue weighted by molar-refractivity contribution is 9.10. The zero-order valence-corrected chi connectivity index (χ0v) is 20.3. The molecule has 0 unspecified atom stereocenters. The van der Waals surface area contributed by atoms with Gasteiger partial charge in [0.1, 0.15) is 0 Å². The van der Waals surface area contributed by atoms with E-state index in [2.05, 4.69) is 31.4 Å². The molecule has 8 heteroatoms. The summed E-state index contributed by atoms with van der Waals surface area (Å²) in [6.45, 7) is 2.04. The molecule has 0 amide bonds. The lowest BCUT2D eigenvalue weighted by Gasteiger charge is -2.10. The normalized spacial score (nSPS) is 10.9. The Bertz CT molecular complexity index is 1310. The summed E-state index contributed by atoms with van der Waals surface area (Å²) in [5, 5.41) is 4.99. The summed E-state index contributed by atoms with van der Waals surface area (Å²) in [7, 11) is 1.52. The maximum Gasteiger partial charge on any atom is 0.343 e. The Morgan fingerprint density at radius 2 is 1.88 bits per heavy atom. The topological polar surface area (TPSA) is 72.8 Å². The van der Waals surface area contributed by atoms with Gasteiger partial charge in [0.25, 0.3) is 0 Å². The van der Waals surface area contributed by atoms with Crippen molar-refractivity contribution >= 4 is 44.6 Å². The van der Waals surface area contributed by atoms with Gasteiger partial charge in [0.15, 0.2) is 11.5 Å². The van der Waals surface area contributed by atoms with E-state index >= 15 is 0 Å². The maximum atomic E-state index is 12.4. The number of hydrogen-bond acceptors (Lipinski definition) is 7. The van der Waals surface area contributed by atoms with Gasteiger partial charge in [-0.15, -0.1) is 11.3 Å². The summed E-state index contributed by atoms with van der Waals surface area (Å²) in [4.78, 5) is 18.2. The van der Waals surface area contributed by atoms with Crippen LogP contribution in [0.5, 0.6) is 11.5 Å². The molecule has 4 rings (SSSR count). The Kier molecular flexibility index (Phi) is 7.16. The van der Waals surface area contributed by atoms with Crippen molar-refractivity contribution in [2.45, 2.75) is 6.92 Å². The largest absolute Gasteiger partial charge is 0.493 e. The quantitative estimate of drug-likeness (QED) is 0.129. The minimum Gasteiger partial charge on any atom is -0.493 e. The minimum absolute atomic E-state index is 0.329. The van der Waals surface area contributed by atoms with E-state index in [9.17, 15) is 4.79 Å². The maximum absolute atomic E-state index is 12.4. The second kappa shape index (κ2) is 10.4. The van der Waals surface area contributed by atoms with Crippen LogP contribution in [0.25, 0.3) is 11.3 Å². The summed E-state index contributed by atoms with van der Waals surface area (Å²) in [6.07, 6.45) is 1.65. The van der Waals surface area contributed by atoms with Crippen molar-refractivity contribution in [2.24, 2.45) is 5.10 Å². The number of aryl methyl sites for hydroxylation is 1. The van der Waals surface area contributed by atoms with Crippen LogP contribution in [0, 0.1) is 6.92 Å². The Hall–Kier alpha value is -3.49. The Labute approximate surface area is 204 Å². The lowest BCUT2D eigenvalue weighted by Crippen LogP contribution is -2.09. The number of methoxy groups -OCH3 is 1. The first-order valence-electron chi connectivity index (χ1n) is 10.0. The van der Waals surface area contributed by atoms with Crippen molar-refractivity contribution in [1.29, 1.82) is 0 Å². The smallest absolute Gasteiger partial charge is 0.343 e. The average molecular weight is 522 g/mol. The van der Waals surface area contributed by atoms with E-state index in [1.54, 1.807) is 42.6 Å². The number of thiazole rings is 1. The third-order valence-corrected chi connectivity index (χ3v) is 6.04. The summed E-state index contributed by atoms with van der Waals surface area (Å²) < 4.78 is 11.7. The number of aromatic nitrogens is 1. The van der Waals surface area contributed by atoms with Crippen molar-refractivity contribution in [2.75, 3.05) is 12.5 Å². The first kappa shape index (κ1) is 22.7. The van der Waals surface area contributed by atoms with Crippen molar-refractivity contribution in [3.63, 3.8) is 0 Å². The highest BCUT2D eigenvalue weighted by atomic mass is 79.9. The number of halogens is 1. The minimum atomic E-state index is -0.467. The molecular weight excluding hydrogens is 502 g/mol. The number of hydrogen-bond donors (Lipinski definition) is 1. The number of hydrazone groups is 1. The van der Waals surface area contributed by atoms with Gasteiger partial charge in [-0.3, -0.25) is 5.43 Å². The average Bonchev–Trinajstić information content (AvgIpc) is 3.20. The van der Waals surface area contributed by atoms with Gasteiger partial charge >= 0.3 is 5.97 Å². The van der Waals surface area contributed by atoms with Crippen LogP contribution in [0.4, 0.5) is 5.13 Å². The fourth-order valence-electron chi connectivity index (χ4n) is 3.09. The third kappa shape index (κ3) is 5.66. The molecule has 0 saturated heterocycles. The number of ether oxygens (including phenoxy) is 2. The third-order valence-electron chi connectivity index (χ3n) is 4.67. The number of rotatable bonds is 7.